The minimum atomic E-state index is 0. The Bertz CT molecular complexity index is 630. The summed E-state index contributed by atoms with van der Waals surface area (Å²) in [6.07, 6.45) is 0.736. The number of para-hydroxylation sites is 1. The number of benzene rings is 1. The van der Waals surface area contributed by atoms with Gasteiger partial charge in [0.2, 0.25) is 0 Å². The van der Waals surface area contributed by atoms with Crippen LogP contribution in [0.25, 0.3) is 0 Å². The van der Waals surface area contributed by atoms with E-state index in [1.807, 2.05) is 28.5 Å². The molecule has 3 rings (SSSR count). The quantitative estimate of drug-likeness (QED) is 0.873. The summed E-state index contributed by atoms with van der Waals surface area (Å²) >= 11 is 1.51. The number of nitrogens with two attached hydrogens (primary N) is 1. The van der Waals surface area contributed by atoms with Crippen LogP contribution in [0.2, 0.25) is 0 Å². The van der Waals surface area contributed by atoms with E-state index < -0.39 is 0 Å². The highest BCUT2D eigenvalue weighted by atomic mass is 35.5. The molecule has 0 aliphatic carbocycles. The number of amides is 1. The molecule has 5 nitrogen and oxygen atoms in total. The summed E-state index contributed by atoms with van der Waals surface area (Å²) < 4.78 is 0. The number of thiazole rings is 1. The van der Waals surface area contributed by atoms with Crippen molar-refractivity contribution in [1.82, 2.24) is 9.88 Å². The fourth-order valence-electron chi connectivity index (χ4n) is 2.62. The molecular weight excluding hydrogens is 367 g/mol. The molecule has 0 bridgehead atoms. The average molecular weight is 389 g/mol. The monoisotopic (exact) mass is 388 g/mol. The third-order valence-electron chi connectivity index (χ3n) is 3.82. The normalized spacial score (nSPS) is 13.9. The molecule has 2 aromatic rings. The fourth-order valence-corrected chi connectivity index (χ4v) is 3.40. The molecule has 8 heteroatoms. The summed E-state index contributed by atoms with van der Waals surface area (Å²) in [5, 5.41) is 2.78. The Morgan fingerprint density at radius 1 is 1.12 bits per heavy atom. The molecule has 0 radical (unpaired) electrons. The minimum Gasteiger partial charge on any atom is -0.368 e. The summed E-state index contributed by atoms with van der Waals surface area (Å²) in [7, 11) is 0. The molecule has 2 N–H and O–H groups in total. The number of rotatable bonds is 4. The van der Waals surface area contributed by atoms with Gasteiger partial charge in [-0.25, -0.2) is 4.98 Å². The Hall–Kier alpha value is -1.34. The van der Waals surface area contributed by atoms with Gasteiger partial charge in [0.25, 0.3) is 5.91 Å². The second-order valence-corrected chi connectivity index (χ2v) is 6.22. The van der Waals surface area contributed by atoms with Gasteiger partial charge in [0.1, 0.15) is 5.69 Å². The van der Waals surface area contributed by atoms with Gasteiger partial charge in [0, 0.05) is 43.7 Å². The standard InChI is InChI=1S/C16H20N4OS.2ClH/c17-7-6-15-18-14(12-22-15)16(21)20-10-8-19(9-11-20)13-4-2-1-3-5-13;;/h1-5,12H,6-11,17H2;2*1H. The second-order valence-electron chi connectivity index (χ2n) is 5.28. The van der Waals surface area contributed by atoms with Gasteiger partial charge in [-0.3, -0.25) is 4.79 Å². The molecule has 0 spiro atoms. The molecule has 1 aliphatic rings. The van der Waals surface area contributed by atoms with Gasteiger partial charge >= 0.3 is 0 Å². The molecule has 0 atom stereocenters. The maximum absolute atomic E-state index is 12.5. The molecule has 1 aromatic carbocycles. The van der Waals surface area contributed by atoms with Crippen molar-refractivity contribution < 1.29 is 4.79 Å². The zero-order valence-electron chi connectivity index (χ0n) is 13.3. The summed E-state index contributed by atoms with van der Waals surface area (Å²) in [5.41, 5.74) is 7.30. The zero-order chi connectivity index (χ0) is 15.4. The van der Waals surface area contributed by atoms with E-state index in [1.165, 1.54) is 17.0 Å². The van der Waals surface area contributed by atoms with Crippen molar-refractivity contribution in [2.24, 2.45) is 5.73 Å². The predicted octanol–water partition coefficient (Wildman–Crippen LogP) is 2.45. The van der Waals surface area contributed by atoms with Crippen molar-refractivity contribution in [3.8, 4) is 0 Å². The predicted molar refractivity (Wildman–Crippen MR) is 104 cm³/mol. The third-order valence-corrected chi connectivity index (χ3v) is 4.73. The molecule has 1 aromatic heterocycles. The van der Waals surface area contributed by atoms with Crippen molar-refractivity contribution >= 4 is 47.7 Å². The van der Waals surface area contributed by atoms with Gasteiger partial charge in [-0.15, -0.1) is 36.2 Å². The van der Waals surface area contributed by atoms with E-state index in [0.717, 1.165) is 37.6 Å². The van der Waals surface area contributed by atoms with Crippen LogP contribution in [0.5, 0.6) is 0 Å². The maximum Gasteiger partial charge on any atom is 0.273 e. The van der Waals surface area contributed by atoms with Crippen molar-refractivity contribution in [1.29, 1.82) is 0 Å². The molecule has 1 saturated heterocycles. The Balaban J connectivity index is 0.00000144. The van der Waals surface area contributed by atoms with Gasteiger partial charge in [-0.2, -0.15) is 0 Å². The van der Waals surface area contributed by atoms with Crippen molar-refractivity contribution in [3.63, 3.8) is 0 Å². The van der Waals surface area contributed by atoms with E-state index >= 15 is 0 Å². The lowest BCUT2D eigenvalue weighted by molar-refractivity contribution is 0.0741. The molecule has 1 amide bonds. The van der Waals surface area contributed by atoms with E-state index in [1.54, 1.807) is 0 Å². The average Bonchev–Trinajstić information content (AvgIpc) is 3.04. The third kappa shape index (κ3) is 4.83. The van der Waals surface area contributed by atoms with Crippen LogP contribution in [0, 0.1) is 0 Å². The van der Waals surface area contributed by atoms with Crippen LogP contribution in [-0.4, -0.2) is 48.5 Å². The Morgan fingerprint density at radius 2 is 1.79 bits per heavy atom. The molecule has 24 heavy (non-hydrogen) atoms. The van der Waals surface area contributed by atoms with Crippen molar-refractivity contribution in [2.45, 2.75) is 6.42 Å². The van der Waals surface area contributed by atoms with E-state index in [4.69, 9.17) is 5.73 Å². The van der Waals surface area contributed by atoms with Crippen molar-refractivity contribution in [2.75, 3.05) is 37.6 Å². The maximum atomic E-state index is 12.5. The van der Waals surface area contributed by atoms with Crippen LogP contribution >= 0.6 is 36.2 Å². The molecule has 0 saturated carbocycles. The van der Waals surface area contributed by atoms with Crippen LogP contribution < -0.4 is 10.6 Å². The highest BCUT2D eigenvalue weighted by Crippen LogP contribution is 2.17. The van der Waals surface area contributed by atoms with Gasteiger partial charge in [0.15, 0.2) is 0 Å². The molecule has 1 fully saturated rings. The molecule has 1 aliphatic heterocycles. The van der Waals surface area contributed by atoms with E-state index in [-0.39, 0.29) is 30.7 Å². The van der Waals surface area contributed by atoms with Crippen LogP contribution in [0.15, 0.2) is 35.7 Å². The van der Waals surface area contributed by atoms with Crippen LogP contribution in [0.1, 0.15) is 15.5 Å². The Kier molecular flexibility index (Phi) is 8.48. The first-order chi connectivity index (χ1) is 10.8. The zero-order valence-corrected chi connectivity index (χ0v) is 15.7. The minimum absolute atomic E-state index is 0. The second kappa shape index (κ2) is 9.84. The first kappa shape index (κ1) is 20.7. The fraction of sp³-hybridized carbons (Fsp3) is 0.375. The molecule has 2 heterocycles. The number of halogens is 2. The number of carbonyl (C=O) groups excluding carboxylic acids is 1. The lowest BCUT2D eigenvalue weighted by Gasteiger charge is -2.35. The largest absolute Gasteiger partial charge is 0.368 e. The molecule has 132 valence electrons. The SMILES string of the molecule is Cl.Cl.NCCc1nc(C(=O)N2CCN(c3ccccc3)CC2)cs1. The number of nitrogens with zero attached hydrogens (tertiary/aromatic N) is 3. The van der Waals surface area contributed by atoms with E-state index in [9.17, 15) is 4.79 Å². The van der Waals surface area contributed by atoms with E-state index in [2.05, 4.69) is 22.0 Å². The first-order valence-corrected chi connectivity index (χ1v) is 8.39. The lowest BCUT2D eigenvalue weighted by Crippen LogP contribution is -2.48. The smallest absolute Gasteiger partial charge is 0.273 e. The highest BCUT2D eigenvalue weighted by Gasteiger charge is 2.23. The summed E-state index contributed by atoms with van der Waals surface area (Å²) in [6.45, 7) is 3.75. The molecule has 0 unspecified atom stereocenters. The number of hydrogen-bond acceptors (Lipinski definition) is 5. The van der Waals surface area contributed by atoms with Gasteiger partial charge in [-0.05, 0) is 18.7 Å². The number of aromatic nitrogens is 1. The lowest BCUT2D eigenvalue weighted by atomic mass is 10.2. The van der Waals surface area contributed by atoms with Gasteiger partial charge in [-0.1, -0.05) is 18.2 Å². The summed E-state index contributed by atoms with van der Waals surface area (Å²) in [4.78, 5) is 21.1. The number of anilines is 1. The number of piperazine rings is 1. The van der Waals surface area contributed by atoms with Crippen LogP contribution in [0.3, 0.4) is 0 Å². The Morgan fingerprint density at radius 3 is 2.42 bits per heavy atom. The highest BCUT2D eigenvalue weighted by molar-refractivity contribution is 7.09. The van der Waals surface area contributed by atoms with Crippen LogP contribution in [0.4, 0.5) is 5.69 Å². The van der Waals surface area contributed by atoms with Gasteiger partial charge < -0.3 is 15.5 Å². The Labute approximate surface area is 158 Å². The number of carbonyl (C=O) groups is 1. The van der Waals surface area contributed by atoms with Crippen molar-refractivity contribution in [3.05, 3.63) is 46.4 Å². The first-order valence-electron chi connectivity index (χ1n) is 7.51. The van der Waals surface area contributed by atoms with Crippen LogP contribution in [-0.2, 0) is 6.42 Å². The van der Waals surface area contributed by atoms with Gasteiger partial charge in [0.05, 0.1) is 5.01 Å². The topological polar surface area (TPSA) is 62.5 Å². The van der Waals surface area contributed by atoms with E-state index in [0.29, 0.717) is 12.2 Å². The molecular formula is C16H22Cl2N4OS. The summed E-state index contributed by atoms with van der Waals surface area (Å²) in [6, 6.07) is 10.3. The number of hydrogen-bond donors (Lipinski definition) is 1. The summed E-state index contributed by atoms with van der Waals surface area (Å²) in [5.74, 6) is 0.0345.